The summed E-state index contributed by atoms with van der Waals surface area (Å²) in [6.07, 6.45) is 2.32. The third kappa shape index (κ3) is 4.36. The first-order valence-corrected chi connectivity index (χ1v) is 6.46. The van der Waals surface area contributed by atoms with Crippen LogP contribution in [0.4, 0.5) is 0 Å². The van der Waals surface area contributed by atoms with E-state index < -0.39 is 0 Å². The second-order valence-corrected chi connectivity index (χ2v) is 4.94. The van der Waals surface area contributed by atoms with Crippen LogP contribution in [0.3, 0.4) is 0 Å². The van der Waals surface area contributed by atoms with Crippen molar-refractivity contribution >= 4 is 17.7 Å². The predicted molar refractivity (Wildman–Crippen MR) is 67.2 cm³/mol. The molecule has 0 aliphatic heterocycles. The van der Waals surface area contributed by atoms with Gasteiger partial charge >= 0.3 is 5.97 Å². The van der Waals surface area contributed by atoms with Gasteiger partial charge in [0, 0.05) is 18.1 Å². The summed E-state index contributed by atoms with van der Waals surface area (Å²) in [5.41, 5.74) is 0.490. The Balaban J connectivity index is 2.80. The van der Waals surface area contributed by atoms with E-state index in [1.807, 2.05) is 6.92 Å². The number of rotatable bonds is 6. The fraction of sp³-hybridized carbons (Fsp3) is 0.500. The summed E-state index contributed by atoms with van der Waals surface area (Å²) in [4.78, 5) is 15.9. The van der Waals surface area contributed by atoms with E-state index in [4.69, 9.17) is 9.84 Å². The van der Waals surface area contributed by atoms with Crippen LogP contribution in [0.5, 0.6) is 0 Å². The van der Waals surface area contributed by atoms with Crippen LogP contribution in [-0.4, -0.2) is 34.5 Å². The zero-order valence-corrected chi connectivity index (χ0v) is 10.9. The van der Waals surface area contributed by atoms with Crippen LogP contribution in [0.1, 0.15) is 30.6 Å². The minimum atomic E-state index is -0.348. The standard InChI is InChI=1S/C12H17NO3S/c1-3-16-12(15)10-5-4-7-13-11(10)17-9(2)6-8-14/h4-5,7,9,14H,3,6,8H2,1-2H3. The SMILES string of the molecule is CCOC(=O)c1cccnc1SC(C)CCO. The van der Waals surface area contributed by atoms with Crippen LogP contribution >= 0.6 is 11.8 Å². The number of ether oxygens (including phenoxy) is 1. The third-order valence-corrected chi connectivity index (χ3v) is 3.30. The molecule has 0 spiro atoms. The zero-order chi connectivity index (χ0) is 12.7. The quantitative estimate of drug-likeness (QED) is 0.623. The van der Waals surface area contributed by atoms with Crippen LogP contribution in [0.25, 0.3) is 0 Å². The number of aromatic nitrogens is 1. The van der Waals surface area contributed by atoms with Crippen molar-refractivity contribution in [3.63, 3.8) is 0 Å². The molecule has 1 heterocycles. The molecule has 1 aromatic heterocycles. The molecule has 1 unspecified atom stereocenters. The number of esters is 1. The normalized spacial score (nSPS) is 12.2. The Labute approximate surface area is 105 Å². The van der Waals surface area contributed by atoms with Gasteiger partial charge in [0.25, 0.3) is 0 Å². The van der Waals surface area contributed by atoms with Crippen LogP contribution < -0.4 is 0 Å². The van der Waals surface area contributed by atoms with Crippen molar-refractivity contribution in [3.8, 4) is 0 Å². The lowest BCUT2D eigenvalue weighted by atomic mass is 10.3. The maximum absolute atomic E-state index is 11.7. The number of aliphatic hydroxyl groups is 1. The number of hydrogen-bond donors (Lipinski definition) is 1. The van der Waals surface area contributed by atoms with E-state index in [0.29, 0.717) is 23.6 Å². The van der Waals surface area contributed by atoms with Crippen molar-refractivity contribution < 1.29 is 14.6 Å². The molecule has 0 fully saturated rings. The molecule has 1 N–H and O–H groups in total. The molecular weight excluding hydrogens is 238 g/mol. The number of pyridine rings is 1. The highest BCUT2D eigenvalue weighted by Gasteiger charge is 2.15. The summed E-state index contributed by atoms with van der Waals surface area (Å²) in [6.45, 7) is 4.25. The van der Waals surface area contributed by atoms with Gasteiger partial charge in [-0.1, -0.05) is 6.92 Å². The zero-order valence-electron chi connectivity index (χ0n) is 10.0. The van der Waals surface area contributed by atoms with Gasteiger partial charge in [0.1, 0.15) is 5.03 Å². The number of aliphatic hydroxyl groups excluding tert-OH is 1. The summed E-state index contributed by atoms with van der Waals surface area (Å²) >= 11 is 1.48. The highest BCUT2D eigenvalue weighted by atomic mass is 32.2. The summed E-state index contributed by atoms with van der Waals surface area (Å²) in [6, 6.07) is 3.42. The molecule has 4 nitrogen and oxygen atoms in total. The topological polar surface area (TPSA) is 59.4 Å². The summed E-state index contributed by atoms with van der Waals surface area (Å²) < 4.78 is 4.97. The average molecular weight is 255 g/mol. The lowest BCUT2D eigenvalue weighted by Gasteiger charge is -2.11. The molecule has 0 saturated heterocycles. The molecule has 0 aliphatic carbocycles. The highest BCUT2D eigenvalue weighted by Crippen LogP contribution is 2.26. The number of nitrogens with zero attached hydrogens (tertiary/aromatic N) is 1. The molecule has 94 valence electrons. The van der Waals surface area contributed by atoms with Gasteiger partial charge in [-0.15, -0.1) is 11.8 Å². The average Bonchev–Trinajstić information content (AvgIpc) is 2.30. The number of thioether (sulfide) groups is 1. The van der Waals surface area contributed by atoms with Crippen LogP contribution in [0.15, 0.2) is 23.4 Å². The Kier molecular flexibility index (Phi) is 6.00. The Morgan fingerprint density at radius 3 is 3.06 bits per heavy atom. The molecule has 1 aromatic rings. The van der Waals surface area contributed by atoms with Crippen molar-refractivity contribution in [2.75, 3.05) is 13.2 Å². The Morgan fingerprint density at radius 2 is 2.41 bits per heavy atom. The van der Waals surface area contributed by atoms with Gasteiger partial charge in [0.15, 0.2) is 0 Å². The van der Waals surface area contributed by atoms with E-state index in [-0.39, 0.29) is 17.8 Å². The lowest BCUT2D eigenvalue weighted by molar-refractivity contribution is 0.0521. The monoisotopic (exact) mass is 255 g/mol. The highest BCUT2D eigenvalue weighted by molar-refractivity contribution is 7.99. The second kappa shape index (κ2) is 7.29. The molecule has 0 aliphatic rings. The van der Waals surface area contributed by atoms with Crippen molar-refractivity contribution in [1.82, 2.24) is 4.98 Å². The fourth-order valence-electron chi connectivity index (χ4n) is 1.28. The van der Waals surface area contributed by atoms with E-state index in [1.165, 1.54) is 11.8 Å². The van der Waals surface area contributed by atoms with Crippen LogP contribution in [-0.2, 0) is 4.74 Å². The van der Waals surface area contributed by atoms with Gasteiger partial charge in [-0.05, 0) is 25.5 Å². The maximum Gasteiger partial charge on any atom is 0.340 e. The molecule has 0 bridgehead atoms. The molecule has 0 amide bonds. The minimum absolute atomic E-state index is 0.135. The Morgan fingerprint density at radius 1 is 1.65 bits per heavy atom. The van der Waals surface area contributed by atoms with Crippen molar-refractivity contribution in [1.29, 1.82) is 0 Å². The molecule has 1 atom stereocenters. The number of hydrogen-bond acceptors (Lipinski definition) is 5. The van der Waals surface area contributed by atoms with Crippen molar-refractivity contribution in [2.45, 2.75) is 30.5 Å². The Bertz CT molecular complexity index is 371. The van der Waals surface area contributed by atoms with Gasteiger partial charge < -0.3 is 9.84 Å². The summed E-state index contributed by atoms with van der Waals surface area (Å²) in [5.74, 6) is -0.348. The summed E-state index contributed by atoms with van der Waals surface area (Å²) in [7, 11) is 0. The first kappa shape index (κ1) is 14.0. The molecule has 0 radical (unpaired) electrons. The van der Waals surface area contributed by atoms with E-state index in [1.54, 1.807) is 25.3 Å². The van der Waals surface area contributed by atoms with Crippen LogP contribution in [0.2, 0.25) is 0 Å². The number of carbonyl (C=O) groups excluding carboxylic acids is 1. The van der Waals surface area contributed by atoms with E-state index in [9.17, 15) is 4.79 Å². The number of carbonyl (C=O) groups is 1. The predicted octanol–water partition coefficient (Wildman–Crippen LogP) is 2.12. The van der Waals surface area contributed by atoms with E-state index in [2.05, 4.69) is 4.98 Å². The van der Waals surface area contributed by atoms with Gasteiger partial charge in [0.2, 0.25) is 0 Å². The maximum atomic E-state index is 11.7. The second-order valence-electron chi connectivity index (χ2n) is 3.52. The van der Waals surface area contributed by atoms with Gasteiger partial charge in [0.05, 0.1) is 12.2 Å². The molecule has 0 saturated carbocycles. The van der Waals surface area contributed by atoms with Crippen molar-refractivity contribution in [3.05, 3.63) is 23.9 Å². The summed E-state index contributed by atoms with van der Waals surface area (Å²) in [5, 5.41) is 9.72. The fourth-order valence-corrected chi connectivity index (χ4v) is 2.28. The molecule has 17 heavy (non-hydrogen) atoms. The van der Waals surface area contributed by atoms with E-state index >= 15 is 0 Å². The van der Waals surface area contributed by atoms with Gasteiger partial charge in [-0.25, -0.2) is 9.78 Å². The molecular formula is C12H17NO3S. The minimum Gasteiger partial charge on any atom is -0.462 e. The first-order chi connectivity index (χ1) is 8.19. The van der Waals surface area contributed by atoms with E-state index in [0.717, 1.165) is 0 Å². The van der Waals surface area contributed by atoms with Crippen molar-refractivity contribution in [2.24, 2.45) is 0 Å². The lowest BCUT2D eigenvalue weighted by Crippen LogP contribution is -2.09. The molecule has 0 aromatic carbocycles. The first-order valence-electron chi connectivity index (χ1n) is 5.58. The smallest absolute Gasteiger partial charge is 0.340 e. The molecule has 5 heteroatoms. The van der Waals surface area contributed by atoms with Gasteiger partial charge in [-0.3, -0.25) is 0 Å². The largest absolute Gasteiger partial charge is 0.462 e. The van der Waals surface area contributed by atoms with Gasteiger partial charge in [-0.2, -0.15) is 0 Å². The van der Waals surface area contributed by atoms with Crippen LogP contribution in [0, 0.1) is 0 Å². The Hall–Kier alpha value is -1.07. The molecule has 1 rings (SSSR count). The third-order valence-electron chi connectivity index (χ3n) is 2.11.